The lowest BCUT2D eigenvalue weighted by molar-refractivity contribution is -0.140. The molecule has 2 atom stereocenters. The maximum Gasteiger partial charge on any atom is 0.322 e. The van der Waals surface area contributed by atoms with E-state index in [0.29, 0.717) is 19.5 Å². The minimum absolute atomic E-state index is 0.237. The molecule has 1 heterocycles. The molecule has 2 N–H and O–H groups in total. The maximum absolute atomic E-state index is 12.2. The summed E-state index contributed by atoms with van der Waals surface area (Å²) in [5.41, 5.74) is 0. The van der Waals surface area contributed by atoms with E-state index in [1.165, 1.54) is 4.31 Å². The lowest BCUT2D eigenvalue weighted by Crippen LogP contribution is -2.51. The van der Waals surface area contributed by atoms with Crippen LogP contribution < -0.4 is 4.72 Å². The van der Waals surface area contributed by atoms with Gasteiger partial charge < -0.3 is 5.11 Å². The summed E-state index contributed by atoms with van der Waals surface area (Å²) in [6.07, 6.45) is 4.34. The van der Waals surface area contributed by atoms with Crippen LogP contribution in [-0.2, 0) is 15.0 Å². The third kappa shape index (κ3) is 4.74. The average molecular weight is 292 g/mol. The summed E-state index contributed by atoms with van der Waals surface area (Å²) >= 11 is 0. The van der Waals surface area contributed by atoms with E-state index in [-0.39, 0.29) is 5.92 Å². The minimum atomic E-state index is -3.70. The molecule has 1 fully saturated rings. The third-order valence-electron chi connectivity index (χ3n) is 3.66. The van der Waals surface area contributed by atoms with Crippen molar-refractivity contribution in [3.63, 3.8) is 0 Å². The monoisotopic (exact) mass is 292 g/mol. The van der Waals surface area contributed by atoms with Gasteiger partial charge in [-0.3, -0.25) is 4.79 Å². The molecule has 1 aliphatic rings. The molecule has 1 unspecified atom stereocenters. The van der Waals surface area contributed by atoms with Crippen LogP contribution in [0.25, 0.3) is 0 Å². The lowest BCUT2D eigenvalue weighted by atomic mass is 10.0. The number of aliphatic carboxylic acids is 1. The molecule has 0 amide bonds. The van der Waals surface area contributed by atoms with Crippen molar-refractivity contribution < 1.29 is 18.3 Å². The summed E-state index contributed by atoms with van der Waals surface area (Å²) in [5.74, 6) is -1.35. The summed E-state index contributed by atoms with van der Waals surface area (Å²) in [7, 11) is -3.70. The van der Waals surface area contributed by atoms with E-state index in [1.807, 2.05) is 6.92 Å². The molecule has 7 heteroatoms. The van der Waals surface area contributed by atoms with Gasteiger partial charge in [-0.05, 0) is 18.8 Å². The maximum atomic E-state index is 12.2. The summed E-state index contributed by atoms with van der Waals surface area (Å²) < 4.78 is 28.2. The highest BCUT2D eigenvalue weighted by molar-refractivity contribution is 7.87. The molecule has 0 aliphatic carbocycles. The quantitative estimate of drug-likeness (QED) is 0.770. The van der Waals surface area contributed by atoms with Crippen molar-refractivity contribution in [2.45, 2.75) is 52.0 Å². The van der Waals surface area contributed by atoms with Gasteiger partial charge in [0.05, 0.1) is 0 Å². The summed E-state index contributed by atoms with van der Waals surface area (Å²) in [4.78, 5) is 11.2. The second kappa shape index (κ2) is 7.21. The third-order valence-corrected chi connectivity index (χ3v) is 5.26. The molecular weight excluding hydrogens is 268 g/mol. The smallest absolute Gasteiger partial charge is 0.322 e. The van der Waals surface area contributed by atoms with Crippen LogP contribution >= 0.6 is 0 Å². The van der Waals surface area contributed by atoms with Crippen molar-refractivity contribution in [2.24, 2.45) is 5.92 Å². The molecule has 0 saturated carbocycles. The van der Waals surface area contributed by atoms with Gasteiger partial charge in [-0.1, -0.05) is 33.1 Å². The Balaban J connectivity index is 2.77. The first-order chi connectivity index (χ1) is 8.88. The minimum Gasteiger partial charge on any atom is -0.480 e. The number of rotatable bonds is 6. The number of hydrogen-bond donors (Lipinski definition) is 2. The first-order valence-corrected chi connectivity index (χ1v) is 8.32. The van der Waals surface area contributed by atoms with Gasteiger partial charge in [-0.25, -0.2) is 0 Å². The molecule has 19 heavy (non-hydrogen) atoms. The van der Waals surface area contributed by atoms with Crippen LogP contribution in [0.15, 0.2) is 0 Å². The Morgan fingerprint density at radius 1 is 1.26 bits per heavy atom. The van der Waals surface area contributed by atoms with Crippen LogP contribution in [0.2, 0.25) is 0 Å². The topological polar surface area (TPSA) is 86.7 Å². The van der Waals surface area contributed by atoms with Crippen LogP contribution in [0.3, 0.4) is 0 Å². The number of carboxylic acids is 1. The fourth-order valence-electron chi connectivity index (χ4n) is 2.16. The van der Waals surface area contributed by atoms with Gasteiger partial charge in [0.1, 0.15) is 6.04 Å². The summed E-state index contributed by atoms with van der Waals surface area (Å²) in [6.45, 7) is 4.54. The molecule has 1 aliphatic heterocycles. The molecule has 1 rings (SSSR count). The van der Waals surface area contributed by atoms with Crippen molar-refractivity contribution in [3.05, 3.63) is 0 Å². The van der Waals surface area contributed by atoms with Crippen molar-refractivity contribution in [1.82, 2.24) is 9.03 Å². The van der Waals surface area contributed by atoms with Crippen LogP contribution in [0.5, 0.6) is 0 Å². The SMILES string of the molecule is CCC(C)[C@H](NS(=O)(=O)N1CCCCCC1)C(=O)O. The van der Waals surface area contributed by atoms with Crippen LogP contribution in [0.1, 0.15) is 46.0 Å². The largest absolute Gasteiger partial charge is 0.480 e. The molecule has 6 nitrogen and oxygen atoms in total. The average Bonchev–Trinajstić information content (AvgIpc) is 2.64. The Morgan fingerprint density at radius 3 is 2.21 bits per heavy atom. The Labute approximate surface area is 115 Å². The highest BCUT2D eigenvalue weighted by atomic mass is 32.2. The highest BCUT2D eigenvalue weighted by Crippen LogP contribution is 2.15. The van der Waals surface area contributed by atoms with Gasteiger partial charge in [0.2, 0.25) is 0 Å². The Morgan fingerprint density at radius 2 is 1.79 bits per heavy atom. The van der Waals surface area contributed by atoms with E-state index in [4.69, 9.17) is 5.11 Å². The number of hydrogen-bond acceptors (Lipinski definition) is 3. The van der Waals surface area contributed by atoms with Crippen molar-refractivity contribution in [2.75, 3.05) is 13.1 Å². The Kier molecular flexibility index (Phi) is 6.22. The van der Waals surface area contributed by atoms with Gasteiger partial charge in [-0.2, -0.15) is 17.4 Å². The molecule has 0 spiro atoms. The summed E-state index contributed by atoms with van der Waals surface area (Å²) in [6, 6.07) is -1.06. The van der Waals surface area contributed by atoms with Gasteiger partial charge in [0, 0.05) is 13.1 Å². The second-order valence-electron chi connectivity index (χ2n) is 5.14. The Hall–Kier alpha value is -0.660. The lowest BCUT2D eigenvalue weighted by Gasteiger charge is -2.25. The normalized spacial score (nSPS) is 21.6. The van der Waals surface area contributed by atoms with E-state index in [9.17, 15) is 13.2 Å². The highest BCUT2D eigenvalue weighted by Gasteiger charge is 2.32. The first-order valence-electron chi connectivity index (χ1n) is 6.88. The zero-order chi connectivity index (χ0) is 14.5. The fraction of sp³-hybridized carbons (Fsp3) is 0.917. The second-order valence-corrected chi connectivity index (χ2v) is 6.84. The number of nitrogens with one attached hydrogen (secondary N) is 1. The molecule has 0 aromatic rings. The molecule has 0 radical (unpaired) electrons. The fourth-order valence-corrected chi connectivity index (χ4v) is 3.70. The van der Waals surface area contributed by atoms with Crippen LogP contribution in [0.4, 0.5) is 0 Å². The summed E-state index contributed by atoms with van der Waals surface area (Å²) in [5, 5.41) is 9.15. The van der Waals surface area contributed by atoms with E-state index in [2.05, 4.69) is 4.72 Å². The predicted molar refractivity (Wildman–Crippen MR) is 73.0 cm³/mol. The van der Waals surface area contributed by atoms with E-state index < -0.39 is 22.2 Å². The van der Waals surface area contributed by atoms with Crippen molar-refractivity contribution in [1.29, 1.82) is 0 Å². The molecular formula is C12H24N2O4S. The van der Waals surface area contributed by atoms with Gasteiger partial charge in [-0.15, -0.1) is 0 Å². The number of carbonyl (C=O) groups is 1. The van der Waals surface area contributed by atoms with Gasteiger partial charge in [0.25, 0.3) is 10.2 Å². The Bertz CT molecular complexity index is 389. The van der Waals surface area contributed by atoms with E-state index >= 15 is 0 Å². The number of nitrogens with zero attached hydrogens (tertiary/aromatic N) is 1. The van der Waals surface area contributed by atoms with E-state index in [1.54, 1.807) is 6.92 Å². The first kappa shape index (κ1) is 16.4. The van der Waals surface area contributed by atoms with Crippen molar-refractivity contribution in [3.8, 4) is 0 Å². The van der Waals surface area contributed by atoms with Gasteiger partial charge in [0.15, 0.2) is 0 Å². The molecule has 1 saturated heterocycles. The van der Waals surface area contributed by atoms with Crippen LogP contribution in [-0.4, -0.2) is 42.9 Å². The molecule has 0 aromatic heterocycles. The zero-order valence-electron chi connectivity index (χ0n) is 11.6. The zero-order valence-corrected chi connectivity index (χ0v) is 12.4. The molecule has 112 valence electrons. The number of carboxylic acid groups (broad SMARTS) is 1. The molecule has 0 aromatic carbocycles. The van der Waals surface area contributed by atoms with E-state index in [0.717, 1.165) is 25.7 Å². The van der Waals surface area contributed by atoms with Gasteiger partial charge >= 0.3 is 5.97 Å². The predicted octanol–water partition coefficient (Wildman–Crippen LogP) is 1.20. The molecule has 0 bridgehead atoms. The standard InChI is InChI=1S/C12H24N2O4S/c1-3-10(2)11(12(15)16)13-19(17,18)14-8-6-4-5-7-9-14/h10-11,13H,3-9H2,1-2H3,(H,15,16)/t10?,11-/m0/s1. The van der Waals surface area contributed by atoms with Crippen molar-refractivity contribution >= 4 is 16.2 Å². The van der Waals surface area contributed by atoms with Crippen LogP contribution in [0, 0.1) is 5.92 Å².